The fourth-order valence-electron chi connectivity index (χ4n) is 2.15. The van der Waals surface area contributed by atoms with Crippen molar-refractivity contribution in [3.63, 3.8) is 0 Å². The second kappa shape index (κ2) is 9.34. The first kappa shape index (κ1) is 16.5. The monoisotopic (exact) mass is 277 g/mol. The molecule has 0 aliphatic rings. The standard InChI is InChI=1S/C16H27N3O/c1-4-5-6-7-8-9-10-18-16(20)14-12-19-13(2)11-15(14)17-3/h11-12H,4-10H2,1-3H3,(H,17,19)(H,18,20). The first-order valence-corrected chi connectivity index (χ1v) is 7.61. The zero-order chi connectivity index (χ0) is 14.8. The number of aromatic nitrogens is 1. The van der Waals surface area contributed by atoms with Crippen molar-refractivity contribution in [2.24, 2.45) is 0 Å². The highest BCUT2D eigenvalue weighted by Gasteiger charge is 2.10. The van der Waals surface area contributed by atoms with Crippen LogP contribution in [-0.2, 0) is 0 Å². The van der Waals surface area contributed by atoms with Gasteiger partial charge in [0.15, 0.2) is 0 Å². The summed E-state index contributed by atoms with van der Waals surface area (Å²) in [7, 11) is 1.82. The van der Waals surface area contributed by atoms with E-state index in [0.717, 1.165) is 24.3 Å². The Balaban J connectivity index is 2.32. The van der Waals surface area contributed by atoms with Crippen LogP contribution in [0.5, 0.6) is 0 Å². The molecule has 4 nitrogen and oxygen atoms in total. The Hall–Kier alpha value is -1.58. The first-order chi connectivity index (χ1) is 9.69. The van der Waals surface area contributed by atoms with Crippen molar-refractivity contribution in [3.8, 4) is 0 Å². The Morgan fingerprint density at radius 3 is 2.60 bits per heavy atom. The average molecular weight is 277 g/mol. The normalized spacial score (nSPS) is 10.3. The van der Waals surface area contributed by atoms with Gasteiger partial charge in [0.2, 0.25) is 0 Å². The summed E-state index contributed by atoms with van der Waals surface area (Å²) in [5.41, 5.74) is 2.35. The van der Waals surface area contributed by atoms with Gasteiger partial charge in [0.25, 0.3) is 5.91 Å². The van der Waals surface area contributed by atoms with Crippen molar-refractivity contribution in [2.75, 3.05) is 18.9 Å². The van der Waals surface area contributed by atoms with Crippen LogP contribution in [0.2, 0.25) is 0 Å². The summed E-state index contributed by atoms with van der Waals surface area (Å²) in [4.78, 5) is 16.3. The highest BCUT2D eigenvalue weighted by molar-refractivity contribution is 5.99. The summed E-state index contributed by atoms with van der Waals surface area (Å²) in [5.74, 6) is -0.0459. The number of nitrogens with zero attached hydrogens (tertiary/aromatic N) is 1. The summed E-state index contributed by atoms with van der Waals surface area (Å²) in [6.07, 6.45) is 9.01. The Kier molecular flexibility index (Phi) is 7.70. The molecule has 1 aromatic heterocycles. The molecule has 1 aromatic rings. The molecule has 0 saturated carbocycles. The van der Waals surface area contributed by atoms with Crippen molar-refractivity contribution in [1.29, 1.82) is 0 Å². The van der Waals surface area contributed by atoms with Crippen LogP contribution in [0.4, 0.5) is 5.69 Å². The summed E-state index contributed by atoms with van der Waals surface area (Å²) in [5, 5.41) is 6.01. The SMILES string of the molecule is CCCCCCCCNC(=O)c1cnc(C)cc1NC. The summed E-state index contributed by atoms with van der Waals surface area (Å²) in [6, 6.07) is 1.89. The van der Waals surface area contributed by atoms with Crippen LogP contribution >= 0.6 is 0 Å². The topological polar surface area (TPSA) is 54.0 Å². The molecule has 0 aliphatic carbocycles. The van der Waals surface area contributed by atoms with Gasteiger partial charge in [-0.05, 0) is 19.4 Å². The number of hydrogen-bond donors (Lipinski definition) is 2. The minimum Gasteiger partial charge on any atom is -0.387 e. The molecule has 1 rings (SSSR count). The van der Waals surface area contributed by atoms with E-state index < -0.39 is 0 Å². The lowest BCUT2D eigenvalue weighted by atomic mass is 10.1. The van der Waals surface area contributed by atoms with Gasteiger partial charge in [-0.15, -0.1) is 0 Å². The van der Waals surface area contributed by atoms with Gasteiger partial charge < -0.3 is 10.6 Å². The number of pyridine rings is 1. The Morgan fingerprint density at radius 2 is 1.90 bits per heavy atom. The smallest absolute Gasteiger partial charge is 0.254 e. The quantitative estimate of drug-likeness (QED) is 0.679. The summed E-state index contributed by atoms with van der Waals surface area (Å²) >= 11 is 0. The lowest BCUT2D eigenvalue weighted by Gasteiger charge is -2.10. The Labute approximate surface area is 122 Å². The van der Waals surface area contributed by atoms with E-state index >= 15 is 0 Å². The minimum atomic E-state index is -0.0459. The third-order valence-corrected chi connectivity index (χ3v) is 3.37. The van der Waals surface area contributed by atoms with Crippen LogP contribution < -0.4 is 10.6 Å². The first-order valence-electron chi connectivity index (χ1n) is 7.61. The number of amides is 1. The third-order valence-electron chi connectivity index (χ3n) is 3.37. The van der Waals surface area contributed by atoms with E-state index in [1.807, 2.05) is 20.0 Å². The van der Waals surface area contributed by atoms with Crippen molar-refractivity contribution in [1.82, 2.24) is 10.3 Å². The summed E-state index contributed by atoms with van der Waals surface area (Å²) in [6.45, 7) is 4.87. The Bertz CT molecular complexity index is 418. The predicted octanol–water partition coefficient (Wildman–Crippen LogP) is 3.52. The van der Waals surface area contributed by atoms with Crippen LogP contribution in [0.25, 0.3) is 0 Å². The second-order valence-corrected chi connectivity index (χ2v) is 5.14. The molecule has 4 heteroatoms. The van der Waals surface area contributed by atoms with Gasteiger partial charge in [-0.2, -0.15) is 0 Å². The van der Waals surface area contributed by atoms with Crippen molar-refractivity contribution in [3.05, 3.63) is 23.5 Å². The molecule has 0 radical (unpaired) electrons. The van der Waals surface area contributed by atoms with Gasteiger partial charge >= 0.3 is 0 Å². The van der Waals surface area contributed by atoms with Crippen molar-refractivity contribution < 1.29 is 4.79 Å². The highest BCUT2D eigenvalue weighted by Crippen LogP contribution is 2.14. The van der Waals surface area contributed by atoms with Gasteiger partial charge in [-0.1, -0.05) is 39.0 Å². The molecule has 2 N–H and O–H groups in total. The molecule has 0 unspecified atom stereocenters. The molecular formula is C16H27N3O. The molecule has 0 aromatic carbocycles. The van der Waals surface area contributed by atoms with Gasteiger partial charge in [-0.3, -0.25) is 9.78 Å². The molecule has 0 aliphatic heterocycles. The second-order valence-electron chi connectivity index (χ2n) is 5.14. The van der Waals surface area contributed by atoms with Crippen molar-refractivity contribution >= 4 is 11.6 Å². The number of aryl methyl sites for hydroxylation is 1. The number of carbonyl (C=O) groups excluding carboxylic acids is 1. The predicted molar refractivity (Wildman–Crippen MR) is 84.2 cm³/mol. The Morgan fingerprint density at radius 1 is 1.20 bits per heavy atom. The molecule has 112 valence electrons. The van der Waals surface area contributed by atoms with E-state index in [1.54, 1.807) is 6.20 Å². The molecule has 1 heterocycles. The van der Waals surface area contributed by atoms with Gasteiger partial charge in [-0.25, -0.2) is 0 Å². The van der Waals surface area contributed by atoms with E-state index in [1.165, 1.54) is 32.1 Å². The summed E-state index contributed by atoms with van der Waals surface area (Å²) < 4.78 is 0. The van der Waals surface area contributed by atoms with E-state index in [0.29, 0.717) is 5.56 Å². The van der Waals surface area contributed by atoms with Crippen LogP contribution in [0, 0.1) is 6.92 Å². The zero-order valence-corrected chi connectivity index (χ0v) is 13.0. The third kappa shape index (κ3) is 5.59. The van der Waals surface area contributed by atoms with Gasteiger partial charge in [0, 0.05) is 25.5 Å². The van der Waals surface area contributed by atoms with Crippen molar-refractivity contribution in [2.45, 2.75) is 52.4 Å². The average Bonchev–Trinajstić information content (AvgIpc) is 2.45. The maximum Gasteiger partial charge on any atom is 0.254 e. The molecule has 1 amide bonds. The number of carbonyl (C=O) groups is 1. The minimum absolute atomic E-state index is 0.0459. The molecule has 20 heavy (non-hydrogen) atoms. The molecule has 0 atom stereocenters. The maximum atomic E-state index is 12.1. The number of hydrogen-bond acceptors (Lipinski definition) is 3. The number of anilines is 1. The molecule has 0 spiro atoms. The molecular weight excluding hydrogens is 250 g/mol. The van der Waals surface area contributed by atoms with E-state index in [-0.39, 0.29) is 5.91 Å². The molecule has 0 bridgehead atoms. The number of nitrogens with one attached hydrogen (secondary N) is 2. The fraction of sp³-hybridized carbons (Fsp3) is 0.625. The van der Waals surface area contributed by atoms with E-state index in [2.05, 4.69) is 22.5 Å². The zero-order valence-electron chi connectivity index (χ0n) is 13.0. The van der Waals surface area contributed by atoms with Crippen LogP contribution in [0.15, 0.2) is 12.3 Å². The van der Waals surface area contributed by atoms with Crippen LogP contribution in [0.3, 0.4) is 0 Å². The fourth-order valence-corrected chi connectivity index (χ4v) is 2.15. The lowest BCUT2D eigenvalue weighted by Crippen LogP contribution is -2.25. The molecule has 0 saturated heterocycles. The largest absolute Gasteiger partial charge is 0.387 e. The molecule has 0 fully saturated rings. The maximum absolute atomic E-state index is 12.1. The van der Waals surface area contributed by atoms with Gasteiger partial charge in [0.1, 0.15) is 0 Å². The van der Waals surface area contributed by atoms with Gasteiger partial charge in [0.05, 0.1) is 11.3 Å². The highest BCUT2D eigenvalue weighted by atomic mass is 16.1. The van der Waals surface area contributed by atoms with E-state index in [4.69, 9.17) is 0 Å². The number of unbranched alkanes of at least 4 members (excludes halogenated alkanes) is 5. The van der Waals surface area contributed by atoms with E-state index in [9.17, 15) is 4.79 Å². The van der Waals surface area contributed by atoms with Crippen LogP contribution in [-0.4, -0.2) is 24.5 Å². The van der Waals surface area contributed by atoms with Crippen LogP contribution in [0.1, 0.15) is 61.5 Å². The number of rotatable bonds is 9. The lowest BCUT2D eigenvalue weighted by molar-refractivity contribution is 0.0953.